The van der Waals surface area contributed by atoms with Gasteiger partial charge in [-0.15, -0.1) is 0 Å². The second kappa shape index (κ2) is 8.32. The van der Waals surface area contributed by atoms with Gasteiger partial charge in [0.05, 0.1) is 23.3 Å². The summed E-state index contributed by atoms with van der Waals surface area (Å²) in [6.07, 6.45) is 3.97. The van der Waals surface area contributed by atoms with Gasteiger partial charge in [-0.05, 0) is 68.0 Å². The zero-order valence-electron chi connectivity index (χ0n) is 19.7. The van der Waals surface area contributed by atoms with E-state index in [9.17, 15) is 4.79 Å². The van der Waals surface area contributed by atoms with Crippen molar-refractivity contribution in [1.29, 1.82) is 0 Å². The normalized spacial score (nSPS) is 16.2. The van der Waals surface area contributed by atoms with Gasteiger partial charge in [-0.25, -0.2) is 4.98 Å². The maximum atomic E-state index is 13.8. The Hall–Kier alpha value is -3.60. The van der Waals surface area contributed by atoms with Crippen molar-refractivity contribution in [2.75, 3.05) is 13.1 Å². The molecule has 0 bridgehead atoms. The van der Waals surface area contributed by atoms with E-state index in [2.05, 4.69) is 40.4 Å². The summed E-state index contributed by atoms with van der Waals surface area (Å²) < 4.78 is 8.38. The number of carbonyl (C=O) groups is 1. The van der Waals surface area contributed by atoms with E-state index in [1.165, 1.54) is 16.6 Å². The zero-order valence-corrected chi connectivity index (χ0v) is 19.7. The molecule has 3 heterocycles. The number of hydrogen-bond donors (Lipinski definition) is 0. The molecular weight excluding hydrogens is 422 g/mol. The van der Waals surface area contributed by atoms with E-state index in [1.807, 2.05) is 54.9 Å². The highest BCUT2D eigenvalue weighted by molar-refractivity contribution is 5.89. The monoisotopic (exact) mass is 451 g/mol. The number of ether oxygens (including phenoxy) is 1. The van der Waals surface area contributed by atoms with Gasteiger partial charge in [-0.3, -0.25) is 4.79 Å². The molecule has 1 saturated heterocycles. The quantitative estimate of drug-likeness (QED) is 0.394. The molecular formula is C29H29N3O2. The number of aryl methyl sites for hydroxylation is 2. The van der Waals surface area contributed by atoms with E-state index in [0.29, 0.717) is 5.92 Å². The predicted octanol–water partition coefficient (Wildman–Crippen LogP) is 5.83. The van der Waals surface area contributed by atoms with Gasteiger partial charge in [-0.1, -0.05) is 36.4 Å². The second-order valence-corrected chi connectivity index (χ2v) is 9.70. The Kier molecular flexibility index (Phi) is 5.13. The topological polar surface area (TPSA) is 47.4 Å². The number of benzene rings is 3. The lowest BCUT2D eigenvalue weighted by atomic mass is 9.86. The fraction of sp³-hybridized carbons (Fsp3) is 0.310. The highest BCUT2D eigenvalue weighted by Crippen LogP contribution is 2.45. The van der Waals surface area contributed by atoms with E-state index in [-0.39, 0.29) is 11.8 Å². The molecule has 0 unspecified atom stereocenters. The van der Waals surface area contributed by atoms with Crippen LogP contribution in [0.5, 0.6) is 11.5 Å². The maximum absolute atomic E-state index is 13.8. The van der Waals surface area contributed by atoms with Gasteiger partial charge < -0.3 is 14.2 Å². The molecule has 0 saturated carbocycles. The molecule has 1 aromatic heterocycles. The predicted molar refractivity (Wildman–Crippen MR) is 133 cm³/mol. The molecule has 5 heteroatoms. The van der Waals surface area contributed by atoms with E-state index >= 15 is 0 Å². The van der Waals surface area contributed by atoms with Crippen molar-refractivity contribution in [2.45, 2.75) is 39.2 Å². The lowest BCUT2D eigenvalue weighted by molar-refractivity contribution is -0.133. The van der Waals surface area contributed by atoms with E-state index in [4.69, 9.17) is 4.74 Å². The Balaban J connectivity index is 1.19. The fourth-order valence-electron chi connectivity index (χ4n) is 5.43. The molecule has 0 spiro atoms. The standard InChI is InChI=1S/C29H29N3O2/c1-19-15-24-25(16-20(19)2)32(18-30-24)17-21-11-13-31(14-12-21)29(33)28-22-7-3-5-9-26(22)34-27-10-6-4-8-23(27)28/h3-10,15-16,18,21,28H,11-14,17H2,1-2H3. The van der Waals surface area contributed by atoms with Crippen LogP contribution in [0.4, 0.5) is 0 Å². The first-order chi connectivity index (χ1) is 16.6. The maximum Gasteiger partial charge on any atom is 0.234 e. The third kappa shape index (κ3) is 3.56. The summed E-state index contributed by atoms with van der Waals surface area (Å²) in [7, 11) is 0. The van der Waals surface area contributed by atoms with E-state index in [0.717, 1.165) is 60.6 Å². The molecule has 2 aliphatic heterocycles. The molecule has 1 amide bonds. The van der Waals surface area contributed by atoms with Gasteiger partial charge in [0.15, 0.2) is 0 Å². The fourth-order valence-corrected chi connectivity index (χ4v) is 5.43. The van der Waals surface area contributed by atoms with Crippen molar-refractivity contribution in [3.63, 3.8) is 0 Å². The summed E-state index contributed by atoms with van der Waals surface area (Å²) in [5.41, 5.74) is 6.77. The Morgan fingerprint density at radius 1 is 0.941 bits per heavy atom. The summed E-state index contributed by atoms with van der Waals surface area (Å²) in [6.45, 7) is 6.81. The average molecular weight is 452 g/mol. The van der Waals surface area contributed by atoms with Crippen LogP contribution in [0.25, 0.3) is 11.0 Å². The number of fused-ring (bicyclic) bond motifs is 3. The molecule has 2 aliphatic rings. The van der Waals surface area contributed by atoms with E-state index < -0.39 is 0 Å². The molecule has 0 radical (unpaired) electrons. The molecule has 1 fully saturated rings. The van der Waals surface area contributed by atoms with Gasteiger partial charge in [0, 0.05) is 30.8 Å². The number of hydrogen-bond acceptors (Lipinski definition) is 3. The van der Waals surface area contributed by atoms with E-state index in [1.54, 1.807) is 0 Å². The number of amides is 1. The molecule has 0 N–H and O–H groups in total. The SMILES string of the molecule is Cc1cc2ncn(CC3CCN(C(=O)C4c5ccccc5Oc5ccccc54)CC3)c2cc1C. The number of piperidine rings is 1. The summed E-state index contributed by atoms with van der Waals surface area (Å²) in [5, 5.41) is 0. The molecule has 4 aromatic rings. The Bertz CT molecular complexity index is 1340. The molecule has 0 atom stereocenters. The van der Waals surface area contributed by atoms with Crippen LogP contribution < -0.4 is 4.74 Å². The third-order valence-electron chi connectivity index (χ3n) is 7.54. The largest absolute Gasteiger partial charge is 0.457 e. The second-order valence-electron chi connectivity index (χ2n) is 9.70. The molecule has 6 rings (SSSR count). The first-order valence-electron chi connectivity index (χ1n) is 12.1. The summed E-state index contributed by atoms with van der Waals surface area (Å²) >= 11 is 0. The molecule has 3 aromatic carbocycles. The van der Waals surface area contributed by atoms with Crippen LogP contribution in [0.2, 0.25) is 0 Å². The minimum Gasteiger partial charge on any atom is -0.457 e. The Labute approximate surface area is 200 Å². The van der Waals surface area contributed by atoms with Gasteiger partial charge in [0.1, 0.15) is 11.5 Å². The van der Waals surface area contributed by atoms with Crippen molar-refractivity contribution in [3.8, 4) is 11.5 Å². The molecule has 172 valence electrons. The number of imidazole rings is 1. The molecule has 34 heavy (non-hydrogen) atoms. The number of para-hydroxylation sites is 2. The highest BCUT2D eigenvalue weighted by atomic mass is 16.5. The first kappa shape index (κ1) is 21.0. The zero-order chi connectivity index (χ0) is 23.2. The number of nitrogens with zero attached hydrogens (tertiary/aromatic N) is 3. The summed E-state index contributed by atoms with van der Waals surface area (Å²) in [5.74, 6) is 1.98. The van der Waals surface area contributed by atoms with Crippen LogP contribution in [-0.2, 0) is 11.3 Å². The van der Waals surface area contributed by atoms with Crippen LogP contribution in [0.1, 0.15) is 41.0 Å². The van der Waals surface area contributed by atoms with Crippen LogP contribution >= 0.6 is 0 Å². The van der Waals surface area contributed by atoms with Gasteiger partial charge >= 0.3 is 0 Å². The van der Waals surface area contributed by atoms with Crippen molar-refractivity contribution >= 4 is 16.9 Å². The van der Waals surface area contributed by atoms with Crippen LogP contribution in [0, 0.1) is 19.8 Å². The summed E-state index contributed by atoms with van der Waals surface area (Å²) in [6, 6.07) is 20.3. The average Bonchev–Trinajstić information content (AvgIpc) is 3.23. The summed E-state index contributed by atoms with van der Waals surface area (Å²) in [4.78, 5) is 20.5. The minimum absolute atomic E-state index is 0.181. The smallest absolute Gasteiger partial charge is 0.234 e. The van der Waals surface area contributed by atoms with Crippen molar-refractivity contribution < 1.29 is 9.53 Å². The van der Waals surface area contributed by atoms with Gasteiger partial charge in [-0.2, -0.15) is 0 Å². The van der Waals surface area contributed by atoms with Gasteiger partial charge in [0.2, 0.25) is 5.91 Å². The third-order valence-corrected chi connectivity index (χ3v) is 7.54. The Morgan fingerprint density at radius 2 is 1.56 bits per heavy atom. The number of likely N-dealkylation sites (tertiary alicyclic amines) is 1. The first-order valence-corrected chi connectivity index (χ1v) is 12.1. The lowest BCUT2D eigenvalue weighted by Crippen LogP contribution is -2.42. The molecule has 0 aliphatic carbocycles. The van der Waals surface area contributed by atoms with Gasteiger partial charge in [0.25, 0.3) is 0 Å². The number of carbonyl (C=O) groups excluding carboxylic acids is 1. The lowest BCUT2D eigenvalue weighted by Gasteiger charge is -2.36. The van der Waals surface area contributed by atoms with Crippen LogP contribution in [0.3, 0.4) is 0 Å². The van der Waals surface area contributed by atoms with Crippen LogP contribution in [0.15, 0.2) is 67.0 Å². The van der Waals surface area contributed by atoms with Crippen LogP contribution in [-0.4, -0.2) is 33.4 Å². The highest BCUT2D eigenvalue weighted by Gasteiger charge is 2.36. The molecule has 5 nitrogen and oxygen atoms in total. The van der Waals surface area contributed by atoms with Crippen molar-refractivity contribution in [2.24, 2.45) is 5.92 Å². The number of aromatic nitrogens is 2. The minimum atomic E-state index is -0.304. The van der Waals surface area contributed by atoms with Crippen molar-refractivity contribution in [1.82, 2.24) is 14.5 Å². The Morgan fingerprint density at radius 3 is 2.24 bits per heavy atom. The van der Waals surface area contributed by atoms with Crippen molar-refractivity contribution in [3.05, 3.63) is 89.2 Å². The number of rotatable bonds is 3.